The maximum Gasteiger partial charge on any atom is 0.414 e. The first kappa shape index (κ1) is 27.3. The van der Waals surface area contributed by atoms with Crippen LogP contribution in [0.15, 0.2) is 58.3 Å². The highest BCUT2D eigenvalue weighted by Gasteiger charge is 2.11. The van der Waals surface area contributed by atoms with Gasteiger partial charge in [-0.1, -0.05) is 0 Å². The SMILES string of the molecule is O=C(O)C(=O)O.c1cc(SCN2CCOCC2)ccc1Oc1ccc(SCN2CCOCC2)cc1. The molecule has 2 aliphatic heterocycles. The zero-order valence-corrected chi connectivity index (χ0v) is 21.0. The minimum atomic E-state index is -1.82. The lowest BCUT2D eigenvalue weighted by atomic mass is 10.3. The van der Waals surface area contributed by atoms with Crippen molar-refractivity contribution in [2.24, 2.45) is 0 Å². The summed E-state index contributed by atoms with van der Waals surface area (Å²) in [6.45, 7) is 7.47. The molecule has 2 aromatic rings. The second-order valence-corrected chi connectivity index (χ2v) is 9.70. The van der Waals surface area contributed by atoms with Gasteiger partial charge in [-0.25, -0.2) is 9.59 Å². The Bertz CT molecular complexity index is 841. The Balaban J connectivity index is 0.000000509. The van der Waals surface area contributed by atoms with Gasteiger partial charge >= 0.3 is 11.9 Å². The molecule has 0 atom stereocenters. The lowest BCUT2D eigenvalue weighted by Gasteiger charge is -2.26. The third kappa shape index (κ3) is 10.5. The van der Waals surface area contributed by atoms with E-state index >= 15 is 0 Å². The fraction of sp³-hybridized carbons (Fsp3) is 0.417. The smallest absolute Gasteiger partial charge is 0.414 e. The number of rotatable bonds is 8. The maximum absolute atomic E-state index is 9.10. The average Bonchev–Trinajstić information content (AvgIpc) is 2.89. The van der Waals surface area contributed by atoms with Gasteiger partial charge in [0.2, 0.25) is 0 Å². The van der Waals surface area contributed by atoms with Gasteiger partial charge < -0.3 is 24.4 Å². The number of carboxylic acids is 2. The molecule has 11 heteroatoms. The highest BCUT2D eigenvalue weighted by Crippen LogP contribution is 2.28. The number of nitrogens with zero attached hydrogens (tertiary/aromatic N) is 2. The number of morpholine rings is 2. The molecule has 0 spiro atoms. The minimum absolute atomic E-state index is 0.845. The van der Waals surface area contributed by atoms with Crippen molar-refractivity contribution < 1.29 is 34.0 Å². The summed E-state index contributed by atoms with van der Waals surface area (Å²) in [5, 5.41) is 14.8. The molecular weight excluding hydrogens is 492 g/mol. The zero-order valence-electron chi connectivity index (χ0n) is 19.3. The molecule has 0 aliphatic carbocycles. The number of hydrogen-bond donors (Lipinski definition) is 2. The number of ether oxygens (including phenoxy) is 3. The Hall–Kier alpha value is -2.28. The maximum atomic E-state index is 9.10. The lowest BCUT2D eigenvalue weighted by Crippen LogP contribution is -2.35. The number of carbonyl (C=O) groups is 2. The number of benzene rings is 2. The van der Waals surface area contributed by atoms with E-state index in [4.69, 9.17) is 34.0 Å². The first-order valence-electron chi connectivity index (χ1n) is 11.2. The van der Waals surface area contributed by atoms with Crippen LogP contribution in [-0.2, 0) is 19.1 Å². The van der Waals surface area contributed by atoms with Crippen molar-refractivity contribution in [3.05, 3.63) is 48.5 Å². The van der Waals surface area contributed by atoms with Crippen LogP contribution in [0.3, 0.4) is 0 Å². The number of hydrogen-bond acceptors (Lipinski definition) is 9. The molecule has 190 valence electrons. The Morgan fingerprint density at radius 3 is 1.34 bits per heavy atom. The molecule has 2 fully saturated rings. The van der Waals surface area contributed by atoms with Gasteiger partial charge in [0.1, 0.15) is 11.5 Å². The van der Waals surface area contributed by atoms with Crippen molar-refractivity contribution in [1.29, 1.82) is 0 Å². The molecule has 2 N–H and O–H groups in total. The fourth-order valence-corrected chi connectivity index (χ4v) is 4.97. The summed E-state index contributed by atoms with van der Waals surface area (Å²) in [6, 6.07) is 16.7. The van der Waals surface area contributed by atoms with Gasteiger partial charge in [0.15, 0.2) is 0 Å². The molecular formula is C24H30N2O7S2. The highest BCUT2D eigenvalue weighted by molar-refractivity contribution is 7.99. The largest absolute Gasteiger partial charge is 0.473 e. The van der Waals surface area contributed by atoms with Crippen molar-refractivity contribution in [1.82, 2.24) is 9.80 Å². The molecule has 0 amide bonds. The van der Waals surface area contributed by atoms with Gasteiger partial charge in [-0.05, 0) is 48.5 Å². The monoisotopic (exact) mass is 522 g/mol. The van der Waals surface area contributed by atoms with Crippen molar-refractivity contribution in [2.45, 2.75) is 9.79 Å². The molecule has 0 unspecified atom stereocenters. The van der Waals surface area contributed by atoms with E-state index in [1.165, 1.54) is 9.79 Å². The predicted molar refractivity (Wildman–Crippen MR) is 134 cm³/mol. The van der Waals surface area contributed by atoms with E-state index in [9.17, 15) is 0 Å². The van der Waals surface area contributed by atoms with Crippen LogP contribution in [0.25, 0.3) is 0 Å². The van der Waals surface area contributed by atoms with Gasteiger partial charge in [-0.3, -0.25) is 9.80 Å². The minimum Gasteiger partial charge on any atom is -0.473 e. The zero-order chi connectivity index (χ0) is 24.9. The van der Waals surface area contributed by atoms with Crippen molar-refractivity contribution >= 4 is 35.5 Å². The summed E-state index contributed by atoms with van der Waals surface area (Å²) >= 11 is 3.72. The van der Waals surface area contributed by atoms with E-state index in [-0.39, 0.29) is 0 Å². The third-order valence-corrected chi connectivity index (χ3v) is 7.30. The summed E-state index contributed by atoms with van der Waals surface area (Å²) < 4.78 is 16.8. The van der Waals surface area contributed by atoms with Gasteiger partial charge in [0.05, 0.1) is 26.4 Å². The first-order valence-corrected chi connectivity index (χ1v) is 13.2. The van der Waals surface area contributed by atoms with Crippen LogP contribution in [-0.4, -0.2) is 96.3 Å². The van der Waals surface area contributed by atoms with Crippen LogP contribution < -0.4 is 4.74 Å². The average molecular weight is 523 g/mol. The van der Waals surface area contributed by atoms with Crippen molar-refractivity contribution in [3.63, 3.8) is 0 Å². The van der Waals surface area contributed by atoms with Crippen molar-refractivity contribution in [2.75, 3.05) is 64.4 Å². The molecule has 2 aromatic carbocycles. The molecule has 0 saturated carbocycles. The molecule has 0 bridgehead atoms. The van der Waals surface area contributed by atoms with E-state index in [2.05, 4.69) is 34.1 Å². The summed E-state index contributed by atoms with van der Waals surface area (Å²) in [5.41, 5.74) is 0. The second-order valence-electron chi connectivity index (χ2n) is 7.66. The molecule has 2 heterocycles. The van der Waals surface area contributed by atoms with Crippen LogP contribution >= 0.6 is 23.5 Å². The number of carboxylic acid groups (broad SMARTS) is 2. The van der Waals surface area contributed by atoms with E-state index in [1.54, 1.807) is 0 Å². The summed E-state index contributed by atoms with van der Waals surface area (Å²) in [4.78, 5) is 25.6. The molecule has 35 heavy (non-hydrogen) atoms. The third-order valence-electron chi connectivity index (χ3n) is 5.10. The Kier molecular flexibility index (Phi) is 11.7. The molecule has 9 nitrogen and oxygen atoms in total. The van der Waals surface area contributed by atoms with Crippen LogP contribution in [0.1, 0.15) is 0 Å². The van der Waals surface area contributed by atoms with E-state index in [0.29, 0.717) is 0 Å². The molecule has 2 saturated heterocycles. The summed E-state index contributed by atoms with van der Waals surface area (Å²) in [5.74, 6) is 0.106. The van der Waals surface area contributed by atoms with Crippen LogP contribution in [0.2, 0.25) is 0 Å². The summed E-state index contributed by atoms with van der Waals surface area (Å²) in [7, 11) is 0. The van der Waals surface area contributed by atoms with Crippen molar-refractivity contribution in [3.8, 4) is 11.5 Å². The Morgan fingerprint density at radius 1 is 0.686 bits per heavy atom. The van der Waals surface area contributed by atoms with Gasteiger partial charge in [-0.15, -0.1) is 23.5 Å². The predicted octanol–water partition coefficient (Wildman–Crippen LogP) is 3.40. The normalized spacial score (nSPS) is 16.7. The Labute approximate surface area is 213 Å². The molecule has 2 aliphatic rings. The Morgan fingerprint density at radius 2 is 1.03 bits per heavy atom. The molecule has 4 rings (SSSR count). The quantitative estimate of drug-likeness (QED) is 0.393. The standard InChI is InChI=1S/C22H28N2O3S2.C2H2O4/c1-5-21(28-17-23-9-13-25-14-10-23)6-2-19(1)27-20-3-7-22(8-4-20)29-18-24-11-15-26-16-12-24;3-1(4)2(5)6/h1-8H,9-18H2;(H,3,4)(H,5,6). The van der Waals surface area contributed by atoms with E-state index < -0.39 is 11.9 Å². The van der Waals surface area contributed by atoms with Crippen LogP contribution in [0, 0.1) is 0 Å². The highest BCUT2D eigenvalue weighted by atomic mass is 32.2. The van der Waals surface area contributed by atoms with E-state index in [1.807, 2.05) is 47.8 Å². The van der Waals surface area contributed by atoms with Gasteiger partial charge in [-0.2, -0.15) is 0 Å². The van der Waals surface area contributed by atoms with Crippen LogP contribution in [0.4, 0.5) is 0 Å². The second kappa shape index (κ2) is 15.0. The van der Waals surface area contributed by atoms with Gasteiger partial charge in [0, 0.05) is 47.7 Å². The molecule has 0 aromatic heterocycles. The number of aliphatic carboxylic acids is 2. The lowest BCUT2D eigenvalue weighted by molar-refractivity contribution is -0.159. The van der Waals surface area contributed by atoms with Crippen LogP contribution in [0.5, 0.6) is 11.5 Å². The first-order chi connectivity index (χ1) is 17.0. The topological polar surface area (TPSA) is 109 Å². The van der Waals surface area contributed by atoms with Gasteiger partial charge in [0.25, 0.3) is 0 Å². The molecule has 0 radical (unpaired) electrons. The number of thioether (sulfide) groups is 2. The summed E-state index contributed by atoms with van der Waals surface area (Å²) in [6.07, 6.45) is 0. The fourth-order valence-electron chi connectivity index (χ4n) is 3.14. The van der Waals surface area contributed by atoms with E-state index in [0.717, 1.165) is 75.9 Å².